The van der Waals surface area contributed by atoms with Crippen LogP contribution < -0.4 is 11.0 Å². The topological polar surface area (TPSA) is 93.4 Å². The summed E-state index contributed by atoms with van der Waals surface area (Å²) in [7, 11) is 0. The quantitative estimate of drug-likeness (QED) is 0.264. The Hall–Kier alpha value is -3.99. The number of hydrogen-bond acceptors (Lipinski definition) is 5. The van der Waals surface area contributed by atoms with E-state index in [4.69, 9.17) is 11.6 Å². The molecule has 200 valence electrons. The molecule has 0 atom stereocenters. The summed E-state index contributed by atoms with van der Waals surface area (Å²) < 4.78 is 4.53. The van der Waals surface area contributed by atoms with Crippen LogP contribution in [0.1, 0.15) is 36.9 Å². The van der Waals surface area contributed by atoms with Crippen LogP contribution in [0.5, 0.6) is 0 Å². The summed E-state index contributed by atoms with van der Waals surface area (Å²) in [4.78, 5) is 55.3. The fourth-order valence-corrected chi connectivity index (χ4v) is 6.03. The standard InChI is InChI=1S/C29H20BrClN4O4S/c30-21-8-6-19(15-22(21)31)28(38)33-11-12-34-23(16-33)25(27(37)32-26(36)17-4-2-1-3-5-17)35(29(34)39)20-7-9-24-18(14-20)10-13-40-24/h1-10,13-15H,11-12,16H2,(H,32,36,37). The van der Waals surface area contributed by atoms with Crippen LogP contribution >= 0.6 is 38.9 Å². The van der Waals surface area contributed by atoms with Crippen molar-refractivity contribution in [3.63, 3.8) is 0 Å². The van der Waals surface area contributed by atoms with Gasteiger partial charge in [0.05, 0.1) is 22.9 Å². The molecular formula is C29H20BrClN4O4S. The molecule has 3 amide bonds. The normalized spacial score (nSPS) is 12.8. The molecule has 0 bridgehead atoms. The number of thiophene rings is 1. The molecule has 40 heavy (non-hydrogen) atoms. The van der Waals surface area contributed by atoms with Crippen molar-refractivity contribution in [2.24, 2.45) is 0 Å². The van der Waals surface area contributed by atoms with E-state index in [1.54, 1.807) is 70.8 Å². The summed E-state index contributed by atoms with van der Waals surface area (Å²) in [6, 6.07) is 20.7. The number of aromatic nitrogens is 2. The summed E-state index contributed by atoms with van der Waals surface area (Å²) in [5.41, 5.74) is 1.12. The lowest BCUT2D eigenvalue weighted by Crippen LogP contribution is -2.41. The van der Waals surface area contributed by atoms with Gasteiger partial charge in [-0.1, -0.05) is 29.8 Å². The molecule has 3 aromatic carbocycles. The van der Waals surface area contributed by atoms with Crippen molar-refractivity contribution < 1.29 is 14.4 Å². The summed E-state index contributed by atoms with van der Waals surface area (Å²) in [6.07, 6.45) is 0. The number of fused-ring (bicyclic) bond motifs is 2. The maximum atomic E-state index is 13.7. The Morgan fingerprint density at radius 2 is 1.70 bits per heavy atom. The Morgan fingerprint density at radius 1 is 0.900 bits per heavy atom. The first-order valence-electron chi connectivity index (χ1n) is 12.3. The Bertz CT molecular complexity index is 1880. The van der Waals surface area contributed by atoms with Gasteiger partial charge >= 0.3 is 5.69 Å². The number of imidazole rings is 1. The van der Waals surface area contributed by atoms with Crippen LogP contribution in [0, 0.1) is 0 Å². The van der Waals surface area contributed by atoms with E-state index in [0.717, 1.165) is 10.1 Å². The predicted molar refractivity (Wildman–Crippen MR) is 158 cm³/mol. The van der Waals surface area contributed by atoms with Crippen molar-refractivity contribution in [1.29, 1.82) is 0 Å². The molecule has 11 heteroatoms. The Morgan fingerprint density at radius 3 is 2.48 bits per heavy atom. The zero-order valence-corrected chi connectivity index (χ0v) is 23.9. The largest absolute Gasteiger partial charge is 0.333 e. The molecular weight excluding hydrogens is 616 g/mol. The van der Waals surface area contributed by atoms with Crippen molar-refractivity contribution in [2.75, 3.05) is 6.54 Å². The average molecular weight is 636 g/mol. The van der Waals surface area contributed by atoms with Gasteiger partial charge in [0.2, 0.25) is 0 Å². The molecule has 3 heterocycles. The maximum Gasteiger partial charge on any atom is 0.333 e. The van der Waals surface area contributed by atoms with E-state index in [1.807, 2.05) is 23.6 Å². The molecule has 5 aromatic rings. The van der Waals surface area contributed by atoms with E-state index < -0.39 is 17.5 Å². The molecule has 0 spiro atoms. The highest BCUT2D eigenvalue weighted by Crippen LogP contribution is 2.27. The lowest BCUT2D eigenvalue weighted by Gasteiger charge is -2.28. The van der Waals surface area contributed by atoms with Crippen LogP contribution in [0.3, 0.4) is 0 Å². The van der Waals surface area contributed by atoms with Crippen molar-refractivity contribution in [3.05, 3.63) is 121 Å². The van der Waals surface area contributed by atoms with Crippen molar-refractivity contribution in [3.8, 4) is 5.69 Å². The van der Waals surface area contributed by atoms with E-state index >= 15 is 0 Å². The highest BCUT2D eigenvalue weighted by molar-refractivity contribution is 9.10. The molecule has 8 nitrogen and oxygen atoms in total. The molecule has 2 aromatic heterocycles. The van der Waals surface area contributed by atoms with Gasteiger partial charge in [-0.2, -0.15) is 0 Å². The van der Waals surface area contributed by atoms with Gasteiger partial charge in [-0.3, -0.25) is 28.8 Å². The second kappa shape index (κ2) is 10.5. The summed E-state index contributed by atoms with van der Waals surface area (Å²) in [6.45, 7) is 0.444. The third-order valence-corrected chi connectivity index (χ3v) is 8.94. The molecule has 6 rings (SSSR count). The molecule has 0 saturated carbocycles. The number of carbonyl (C=O) groups is 3. The van der Waals surface area contributed by atoms with E-state index in [2.05, 4.69) is 21.2 Å². The van der Waals surface area contributed by atoms with Crippen LogP contribution in [-0.4, -0.2) is 38.3 Å². The molecule has 0 radical (unpaired) electrons. The first kappa shape index (κ1) is 26.2. The number of nitrogens with one attached hydrogen (secondary N) is 1. The summed E-state index contributed by atoms with van der Waals surface area (Å²) >= 11 is 11.1. The Labute approximate surface area is 245 Å². The van der Waals surface area contributed by atoms with Crippen LogP contribution in [0.4, 0.5) is 0 Å². The van der Waals surface area contributed by atoms with Crippen LogP contribution in [-0.2, 0) is 13.1 Å². The lowest BCUT2D eigenvalue weighted by atomic mass is 10.1. The molecule has 1 N–H and O–H groups in total. The number of rotatable bonds is 4. The number of hydrogen-bond donors (Lipinski definition) is 1. The minimum Gasteiger partial charge on any atom is -0.331 e. The molecule has 0 saturated heterocycles. The lowest BCUT2D eigenvalue weighted by molar-refractivity contribution is 0.0704. The fraction of sp³-hybridized carbons (Fsp3) is 0.103. The number of amides is 3. The molecule has 1 aliphatic heterocycles. The van der Waals surface area contributed by atoms with Crippen molar-refractivity contribution >= 4 is 66.7 Å². The first-order chi connectivity index (χ1) is 19.3. The Kier molecular flexibility index (Phi) is 6.91. The monoisotopic (exact) mass is 634 g/mol. The van der Waals surface area contributed by atoms with Crippen LogP contribution in [0.25, 0.3) is 15.8 Å². The van der Waals surface area contributed by atoms with Gasteiger partial charge in [-0.15, -0.1) is 11.3 Å². The van der Waals surface area contributed by atoms with E-state index in [-0.39, 0.29) is 31.2 Å². The van der Waals surface area contributed by atoms with Gasteiger partial charge in [-0.25, -0.2) is 4.79 Å². The van der Waals surface area contributed by atoms with Gasteiger partial charge in [0.25, 0.3) is 17.7 Å². The van der Waals surface area contributed by atoms with Crippen molar-refractivity contribution in [1.82, 2.24) is 19.4 Å². The first-order valence-corrected chi connectivity index (χ1v) is 14.3. The Balaban J connectivity index is 1.43. The summed E-state index contributed by atoms with van der Waals surface area (Å²) in [5.74, 6) is -1.61. The molecule has 1 aliphatic rings. The van der Waals surface area contributed by atoms with Gasteiger partial charge in [0.1, 0.15) is 5.69 Å². The highest BCUT2D eigenvalue weighted by Gasteiger charge is 2.33. The molecule has 0 unspecified atom stereocenters. The molecule has 0 fully saturated rings. The predicted octanol–water partition coefficient (Wildman–Crippen LogP) is 5.50. The van der Waals surface area contributed by atoms with Gasteiger partial charge in [-0.05, 0) is 81.3 Å². The second-order valence-electron chi connectivity index (χ2n) is 9.21. The highest BCUT2D eigenvalue weighted by atomic mass is 79.9. The van der Waals surface area contributed by atoms with E-state index in [1.165, 1.54) is 9.13 Å². The zero-order valence-electron chi connectivity index (χ0n) is 20.8. The van der Waals surface area contributed by atoms with Gasteiger partial charge < -0.3 is 4.90 Å². The fourth-order valence-electron chi connectivity index (χ4n) is 4.83. The third kappa shape index (κ3) is 4.68. The minimum absolute atomic E-state index is 0.00225. The third-order valence-electron chi connectivity index (χ3n) is 6.81. The summed E-state index contributed by atoms with van der Waals surface area (Å²) in [5, 5.41) is 5.71. The second-order valence-corrected chi connectivity index (χ2v) is 11.4. The SMILES string of the molecule is O=C(NC(=O)c1c2n(c(=O)n1-c1ccc3sccc3c1)CCN(C(=O)c1ccc(Br)c(Cl)c1)C2)c1ccccc1. The van der Waals surface area contributed by atoms with Gasteiger partial charge in [0.15, 0.2) is 0 Å². The molecule has 0 aliphatic carbocycles. The number of benzene rings is 3. The number of imide groups is 1. The number of carbonyl (C=O) groups excluding carboxylic acids is 3. The number of halogens is 2. The van der Waals surface area contributed by atoms with Gasteiger partial charge in [0, 0.05) is 33.4 Å². The van der Waals surface area contributed by atoms with Crippen LogP contribution in [0.15, 0.2) is 87.4 Å². The zero-order chi connectivity index (χ0) is 28.0. The number of nitrogens with zero attached hydrogens (tertiary/aromatic N) is 3. The van der Waals surface area contributed by atoms with E-state index in [9.17, 15) is 19.2 Å². The average Bonchev–Trinajstić information content (AvgIpc) is 3.56. The smallest absolute Gasteiger partial charge is 0.331 e. The van der Waals surface area contributed by atoms with Crippen molar-refractivity contribution in [2.45, 2.75) is 13.1 Å². The minimum atomic E-state index is -0.730. The maximum absolute atomic E-state index is 13.7. The van der Waals surface area contributed by atoms with Crippen LogP contribution in [0.2, 0.25) is 5.02 Å². The van der Waals surface area contributed by atoms with E-state index in [0.29, 0.717) is 32.0 Å².